The van der Waals surface area contributed by atoms with Crippen molar-refractivity contribution in [2.24, 2.45) is 0 Å². The Morgan fingerprint density at radius 2 is 2.00 bits per heavy atom. The van der Waals surface area contributed by atoms with Gasteiger partial charge in [-0.25, -0.2) is 0 Å². The second-order valence-electron chi connectivity index (χ2n) is 4.57. The molecule has 1 atom stereocenters. The number of benzene rings is 2. The maximum Gasteiger partial charge on any atom is 0.253 e. The summed E-state index contributed by atoms with van der Waals surface area (Å²) in [6.45, 7) is 1.92. The minimum atomic E-state index is -0.211. The van der Waals surface area contributed by atoms with Crippen LogP contribution in [0.2, 0.25) is 5.02 Å². The summed E-state index contributed by atoms with van der Waals surface area (Å²) in [5, 5.41) is 3.34. The fraction of sp³-hybridized carbons (Fsp3) is 0.188. The van der Waals surface area contributed by atoms with Crippen molar-refractivity contribution in [3.05, 3.63) is 63.1 Å². The van der Waals surface area contributed by atoms with Crippen LogP contribution in [0.1, 0.15) is 28.9 Å². The van der Waals surface area contributed by atoms with Gasteiger partial charge in [0.2, 0.25) is 0 Å². The molecule has 0 heterocycles. The highest BCUT2D eigenvalue weighted by atomic mass is 79.9. The van der Waals surface area contributed by atoms with Crippen LogP contribution in [-0.4, -0.2) is 13.0 Å². The lowest BCUT2D eigenvalue weighted by Gasteiger charge is -2.16. The monoisotopic (exact) mass is 367 g/mol. The van der Waals surface area contributed by atoms with E-state index in [0.29, 0.717) is 15.1 Å². The second kappa shape index (κ2) is 6.96. The van der Waals surface area contributed by atoms with Gasteiger partial charge in [0.15, 0.2) is 0 Å². The Morgan fingerprint density at radius 3 is 2.71 bits per heavy atom. The Labute approximate surface area is 137 Å². The zero-order valence-corrected chi connectivity index (χ0v) is 14.0. The number of hydrogen-bond acceptors (Lipinski definition) is 2. The van der Waals surface area contributed by atoms with E-state index >= 15 is 0 Å². The van der Waals surface area contributed by atoms with Crippen LogP contribution in [0.25, 0.3) is 0 Å². The molecule has 1 amide bonds. The summed E-state index contributed by atoms with van der Waals surface area (Å²) in [7, 11) is 1.61. The molecule has 1 N–H and O–H groups in total. The van der Waals surface area contributed by atoms with Crippen LogP contribution >= 0.6 is 27.5 Å². The number of amides is 1. The SMILES string of the molecule is COc1cccc(C(C)NC(=O)c2cccc(Br)c2Cl)c1. The third kappa shape index (κ3) is 3.77. The zero-order chi connectivity index (χ0) is 15.4. The highest BCUT2D eigenvalue weighted by molar-refractivity contribution is 9.10. The van der Waals surface area contributed by atoms with E-state index in [1.165, 1.54) is 0 Å². The standard InChI is InChI=1S/C16H15BrClNO2/c1-10(11-5-3-6-12(9-11)21-2)19-16(20)13-7-4-8-14(17)15(13)18/h3-10H,1-2H3,(H,19,20). The van der Waals surface area contributed by atoms with Crippen molar-refractivity contribution in [1.82, 2.24) is 5.32 Å². The predicted octanol–water partition coefficient (Wildman–Crippen LogP) is 4.60. The molecule has 0 fully saturated rings. The highest BCUT2D eigenvalue weighted by Crippen LogP contribution is 2.26. The Kier molecular flexibility index (Phi) is 5.26. The van der Waals surface area contributed by atoms with Gasteiger partial charge in [-0.05, 0) is 52.7 Å². The molecule has 1 unspecified atom stereocenters. The Bertz CT molecular complexity index is 660. The van der Waals surface area contributed by atoms with Crippen molar-refractivity contribution < 1.29 is 9.53 Å². The van der Waals surface area contributed by atoms with Gasteiger partial charge in [0.05, 0.1) is 23.7 Å². The number of ether oxygens (including phenoxy) is 1. The zero-order valence-electron chi connectivity index (χ0n) is 11.7. The molecular formula is C16H15BrClNO2. The van der Waals surface area contributed by atoms with E-state index in [1.807, 2.05) is 31.2 Å². The van der Waals surface area contributed by atoms with Crippen molar-refractivity contribution >= 4 is 33.4 Å². The molecule has 0 saturated heterocycles. The number of carbonyl (C=O) groups is 1. The molecule has 110 valence electrons. The minimum absolute atomic E-state index is 0.150. The summed E-state index contributed by atoms with van der Waals surface area (Å²) in [6, 6.07) is 12.7. The lowest BCUT2D eigenvalue weighted by Crippen LogP contribution is -2.26. The summed E-state index contributed by atoms with van der Waals surface area (Å²) in [4.78, 5) is 12.3. The van der Waals surface area contributed by atoms with Gasteiger partial charge in [0.25, 0.3) is 5.91 Å². The van der Waals surface area contributed by atoms with Crippen LogP contribution in [0.3, 0.4) is 0 Å². The number of halogens is 2. The van der Waals surface area contributed by atoms with Crippen molar-refractivity contribution in [2.75, 3.05) is 7.11 Å². The molecule has 0 spiro atoms. The summed E-state index contributed by atoms with van der Waals surface area (Å²) in [5.74, 6) is 0.547. The van der Waals surface area contributed by atoms with Gasteiger partial charge in [-0.3, -0.25) is 4.79 Å². The first-order valence-electron chi connectivity index (χ1n) is 6.41. The third-order valence-corrected chi connectivity index (χ3v) is 4.43. The number of rotatable bonds is 4. The van der Waals surface area contributed by atoms with Crippen molar-refractivity contribution in [3.63, 3.8) is 0 Å². The van der Waals surface area contributed by atoms with Gasteiger partial charge < -0.3 is 10.1 Å². The lowest BCUT2D eigenvalue weighted by molar-refractivity contribution is 0.0940. The average molecular weight is 369 g/mol. The van der Waals surface area contributed by atoms with E-state index in [1.54, 1.807) is 25.3 Å². The normalized spacial score (nSPS) is 11.8. The van der Waals surface area contributed by atoms with Crippen LogP contribution in [0.4, 0.5) is 0 Å². The molecule has 5 heteroatoms. The first kappa shape index (κ1) is 15.9. The van der Waals surface area contributed by atoms with E-state index in [-0.39, 0.29) is 11.9 Å². The summed E-state index contributed by atoms with van der Waals surface area (Å²) in [5.41, 5.74) is 1.41. The molecule has 3 nitrogen and oxygen atoms in total. The van der Waals surface area contributed by atoms with Gasteiger partial charge >= 0.3 is 0 Å². The molecule has 21 heavy (non-hydrogen) atoms. The quantitative estimate of drug-likeness (QED) is 0.856. The van der Waals surface area contributed by atoms with Crippen LogP contribution in [0, 0.1) is 0 Å². The Hall–Kier alpha value is -1.52. The van der Waals surface area contributed by atoms with Crippen molar-refractivity contribution in [3.8, 4) is 5.75 Å². The van der Waals surface area contributed by atoms with Crippen LogP contribution in [0.15, 0.2) is 46.9 Å². The maximum absolute atomic E-state index is 12.3. The van der Waals surface area contributed by atoms with Gasteiger partial charge in [-0.1, -0.05) is 29.8 Å². The smallest absolute Gasteiger partial charge is 0.253 e. The highest BCUT2D eigenvalue weighted by Gasteiger charge is 2.15. The van der Waals surface area contributed by atoms with Crippen molar-refractivity contribution in [1.29, 1.82) is 0 Å². The van der Waals surface area contributed by atoms with Crippen LogP contribution in [0.5, 0.6) is 5.75 Å². The molecule has 0 bridgehead atoms. The maximum atomic E-state index is 12.3. The fourth-order valence-electron chi connectivity index (χ4n) is 1.95. The van der Waals surface area contributed by atoms with E-state index in [9.17, 15) is 4.79 Å². The van der Waals surface area contributed by atoms with Gasteiger partial charge in [-0.15, -0.1) is 0 Å². The fourth-order valence-corrected chi connectivity index (χ4v) is 2.53. The molecule has 0 saturated carbocycles. The third-order valence-electron chi connectivity index (χ3n) is 3.14. The molecule has 0 aliphatic heterocycles. The number of methoxy groups -OCH3 is 1. The first-order chi connectivity index (χ1) is 10.0. The molecule has 2 rings (SSSR count). The predicted molar refractivity (Wildman–Crippen MR) is 88.0 cm³/mol. The van der Waals surface area contributed by atoms with Crippen LogP contribution in [-0.2, 0) is 0 Å². The van der Waals surface area contributed by atoms with Crippen LogP contribution < -0.4 is 10.1 Å². The van der Waals surface area contributed by atoms with Gasteiger partial charge in [-0.2, -0.15) is 0 Å². The Balaban J connectivity index is 2.16. The van der Waals surface area contributed by atoms with E-state index in [2.05, 4.69) is 21.2 Å². The lowest BCUT2D eigenvalue weighted by atomic mass is 10.1. The largest absolute Gasteiger partial charge is 0.497 e. The molecule has 2 aromatic rings. The number of hydrogen-bond donors (Lipinski definition) is 1. The van der Waals surface area contributed by atoms with E-state index in [0.717, 1.165) is 11.3 Å². The molecular weight excluding hydrogens is 354 g/mol. The molecule has 0 aliphatic carbocycles. The average Bonchev–Trinajstić information content (AvgIpc) is 2.49. The molecule has 0 aliphatic rings. The molecule has 0 aromatic heterocycles. The van der Waals surface area contributed by atoms with E-state index in [4.69, 9.17) is 16.3 Å². The van der Waals surface area contributed by atoms with Gasteiger partial charge in [0.1, 0.15) is 5.75 Å². The first-order valence-corrected chi connectivity index (χ1v) is 7.59. The van der Waals surface area contributed by atoms with Gasteiger partial charge in [0, 0.05) is 4.47 Å². The molecule has 2 aromatic carbocycles. The summed E-state index contributed by atoms with van der Waals surface area (Å²) in [6.07, 6.45) is 0. The Morgan fingerprint density at radius 1 is 1.29 bits per heavy atom. The van der Waals surface area contributed by atoms with Crippen molar-refractivity contribution in [2.45, 2.75) is 13.0 Å². The number of carbonyl (C=O) groups excluding carboxylic acids is 1. The second-order valence-corrected chi connectivity index (χ2v) is 5.81. The van der Waals surface area contributed by atoms with E-state index < -0.39 is 0 Å². The molecule has 0 radical (unpaired) electrons. The summed E-state index contributed by atoms with van der Waals surface area (Å²) >= 11 is 9.45. The summed E-state index contributed by atoms with van der Waals surface area (Å²) < 4.78 is 5.89. The minimum Gasteiger partial charge on any atom is -0.497 e. The number of nitrogens with one attached hydrogen (secondary N) is 1. The topological polar surface area (TPSA) is 38.3 Å².